The van der Waals surface area contributed by atoms with Crippen LogP contribution in [0.3, 0.4) is 0 Å². The fourth-order valence-corrected chi connectivity index (χ4v) is 14.4. The molecule has 0 aromatic carbocycles. The number of aliphatic hydroxyl groups excluding tert-OH is 11. The molecule has 618 valence electrons. The molecule has 3 fully saturated rings. The molecule has 0 aromatic rings. The number of ether oxygens (including phenoxy) is 6. The SMILES string of the molecule is CC/C=C\C/C=C\C/C=C\C/C=C\CCCCCCCCCCCCCCCCCCCCCCCCC(=O)NC(COC1OC(CO)C(OC2OC(CO)C(OC3OC(CO)C(O)C(O)C3O)C(O)C2O)C(O)C1O)C(O)/C=C/CC/C=C/CCCCCCCCCCCCCCCCCCCCCC. The van der Waals surface area contributed by atoms with Gasteiger partial charge in [-0.3, -0.25) is 4.79 Å². The zero-order chi connectivity index (χ0) is 76.7. The topological polar surface area (TPSA) is 307 Å². The van der Waals surface area contributed by atoms with Crippen molar-refractivity contribution in [3.8, 4) is 0 Å². The van der Waals surface area contributed by atoms with E-state index in [1.54, 1.807) is 6.08 Å². The minimum atomic E-state index is -1.98. The molecule has 17 atom stereocenters. The average molecular weight is 1510 g/mol. The monoisotopic (exact) mass is 1500 g/mol. The molecule has 0 bridgehead atoms. The first kappa shape index (κ1) is 97.4. The second kappa shape index (κ2) is 66.8. The predicted octanol–water partition coefficient (Wildman–Crippen LogP) is 15.6. The summed E-state index contributed by atoms with van der Waals surface area (Å²) in [5, 5.41) is 121. The summed E-state index contributed by atoms with van der Waals surface area (Å²) < 4.78 is 34.5. The van der Waals surface area contributed by atoms with Gasteiger partial charge in [0.2, 0.25) is 5.91 Å². The van der Waals surface area contributed by atoms with E-state index in [2.05, 4.69) is 79.9 Å². The summed E-state index contributed by atoms with van der Waals surface area (Å²) in [5.41, 5.74) is 0. The van der Waals surface area contributed by atoms with Crippen LogP contribution in [0, 0.1) is 0 Å². The number of aliphatic hydroxyl groups is 11. The van der Waals surface area contributed by atoms with E-state index in [4.69, 9.17) is 28.4 Å². The van der Waals surface area contributed by atoms with E-state index in [9.17, 15) is 61.0 Å². The van der Waals surface area contributed by atoms with Crippen molar-refractivity contribution < 1.29 is 89.4 Å². The van der Waals surface area contributed by atoms with Crippen molar-refractivity contribution in [2.45, 2.75) is 446 Å². The lowest BCUT2D eigenvalue weighted by Gasteiger charge is -2.48. The van der Waals surface area contributed by atoms with Gasteiger partial charge < -0.3 is 89.9 Å². The fourth-order valence-electron chi connectivity index (χ4n) is 14.4. The number of hydrogen-bond acceptors (Lipinski definition) is 18. The molecule has 19 nitrogen and oxygen atoms in total. The van der Waals surface area contributed by atoms with Gasteiger partial charge in [0.25, 0.3) is 0 Å². The smallest absolute Gasteiger partial charge is 0.220 e. The number of carbonyl (C=O) groups excluding carboxylic acids is 1. The zero-order valence-corrected chi connectivity index (χ0v) is 66.4. The van der Waals surface area contributed by atoms with Crippen LogP contribution in [-0.2, 0) is 33.2 Å². The van der Waals surface area contributed by atoms with Crippen molar-refractivity contribution in [3.63, 3.8) is 0 Å². The van der Waals surface area contributed by atoms with Crippen LogP contribution < -0.4 is 5.32 Å². The Morgan fingerprint density at radius 3 is 1.06 bits per heavy atom. The molecule has 17 unspecified atom stereocenters. The Kier molecular flexibility index (Phi) is 61.4. The van der Waals surface area contributed by atoms with Gasteiger partial charge in [0.05, 0.1) is 38.6 Å². The molecule has 0 aromatic heterocycles. The molecule has 3 rings (SSSR count). The van der Waals surface area contributed by atoms with Gasteiger partial charge in [0, 0.05) is 6.42 Å². The van der Waals surface area contributed by atoms with E-state index in [0.717, 1.165) is 64.2 Å². The Morgan fingerprint density at radius 1 is 0.349 bits per heavy atom. The van der Waals surface area contributed by atoms with Crippen LogP contribution in [-0.4, -0.2) is 193 Å². The van der Waals surface area contributed by atoms with Crippen LogP contribution in [0.5, 0.6) is 0 Å². The standard InChI is InChI=1S/C87H157NO18/c1-3-5-7-9-11-13-15-17-19-21-23-25-27-29-31-32-33-34-35-36-37-38-39-41-43-45-47-49-51-53-55-57-59-61-63-65-75(93)88-70(71(92)64-62-60-58-56-54-52-50-48-46-44-42-40-30-28-26-24-22-20-18-16-14-12-10-8-6-4-2)69-101-85-81(99)78(96)83(73(67-90)103-85)106-87-82(100)79(97)84(74(68-91)104-87)105-86-80(98)77(95)76(94)72(66-89)102-86/h5,7,11,13,17,19,23,25,54,56,62,64,70-74,76-87,89-92,94-100H,3-4,6,8-10,12,14-16,18,20-22,24,26-53,55,57-61,63,65-69H2,1-2H3,(H,88,93)/b7-5-,13-11-,19-17-,25-23-,56-54+,64-62+. The first-order chi connectivity index (χ1) is 51.8. The second-order valence-electron chi connectivity index (χ2n) is 30.6. The highest BCUT2D eigenvalue weighted by molar-refractivity contribution is 5.76. The third-order valence-electron chi connectivity index (χ3n) is 21.2. The molecule has 0 saturated carbocycles. The van der Waals surface area contributed by atoms with E-state index < -0.39 is 124 Å². The number of amides is 1. The number of nitrogens with one attached hydrogen (secondary N) is 1. The van der Waals surface area contributed by atoms with Gasteiger partial charge in [-0.1, -0.05) is 337 Å². The number of hydrogen-bond donors (Lipinski definition) is 12. The van der Waals surface area contributed by atoms with Crippen molar-refractivity contribution >= 4 is 5.91 Å². The van der Waals surface area contributed by atoms with Crippen molar-refractivity contribution in [2.24, 2.45) is 0 Å². The van der Waals surface area contributed by atoms with Crippen LogP contribution in [0.1, 0.15) is 341 Å². The molecule has 19 heteroatoms. The predicted molar refractivity (Wildman–Crippen MR) is 425 cm³/mol. The Morgan fingerprint density at radius 2 is 0.660 bits per heavy atom. The average Bonchev–Trinajstić information content (AvgIpc) is 0.779. The number of rotatable bonds is 69. The Bertz CT molecular complexity index is 2190. The summed E-state index contributed by atoms with van der Waals surface area (Å²) in [6.45, 7) is 1.65. The maximum atomic E-state index is 13.5. The minimum Gasteiger partial charge on any atom is -0.394 e. The lowest BCUT2D eigenvalue weighted by molar-refractivity contribution is -0.379. The van der Waals surface area contributed by atoms with Crippen LogP contribution >= 0.6 is 0 Å². The summed E-state index contributed by atoms with van der Waals surface area (Å²) in [5.74, 6) is -0.280. The summed E-state index contributed by atoms with van der Waals surface area (Å²) >= 11 is 0. The Balaban J connectivity index is 1.34. The van der Waals surface area contributed by atoms with Crippen molar-refractivity contribution in [2.75, 3.05) is 26.4 Å². The molecule has 0 aliphatic carbocycles. The summed E-state index contributed by atoms with van der Waals surface area (Å²) in [6.07, 6.45) is 61.9. The van der Waals surface area contributed by atoms with Gasteiger partial charge in [-0.15, -0.1) is 0 Å². The largest absolute Gasteiger partial charge is 0.394 e. The molecule has 3 aliphatic rings. The molecular weight excluding hydrogens is 1350 g/mol. The van der Waals surface area contributed by atoms with Crippen molar-refractivity contribution in [1.82, 2.24) is 5.32 Å². The quantitative estimate of drug-likeness (QED) is 0.0199. The minimum absolute atomic E-state index is 0.237. The normalized spacial score (nSPS) is 26.0. The lowest BCUT2D eigenvalue weighted by atomic mass is 9.96. The first-order valence-corrected chi connectivity index (χ1v) is 43.2. The Hall–Kier alpha value is -2.77. The van der Waals surface area contributed by atoms with E-state index in [1.165, 1.54) is 244 Å². The molecule has 1 amide bonds. The van der Waals surface area contributed by atoms with E-state index in [0.29, 0.717) is 12.8 Å². The maximum Gasteiger partial charge on any atom is 0.220 e. The van der Waals surface area contributed by atoms with Gasteiger partial charge in [-0.25, -0.2) is 0 Å². The maximum absolute atomic E-state index is 13.5. The van der Waals surface area contributed by atoms with Gasteiger partial charge in [0.15, 0.2) is 18.9 Å². The highest BCUT2D eigenvalue weighted by Crippen LogP contribution is 2.33. The third kappa shape index (κ3) is 45.7. The number of unbranched alkanes of at least 4 members (excludes halogenated alkanes) is 43. The van der Waals surface area contributed by atoms with E-state index >= 15 is 0 Å². The van der Waals surface area contributed by atoms with Gasteiger partial charge in [-0.2, -0.15) is 0 Å². The van der Waals surface area contributed by atoms with Gasteiger partial charge in [-0.05, 0) is 70.6 Å². The summed E-state index contributed by atoms with van der Waals surface area (Å²) in [4.78, 5) is 13.5. The lowest BCUT2D eigenvalue weighted by Crippen LogP contribution is -2.66. The van der Waals surface area contributed by atoms with Crippen molar-refractivity contribution in [3.05, 3.63) is 72.9 Å². The molecule has 12 N–H and O–H groups in total. The fraction of sp³-hybridized carbons (Fsp3) is 0.851. The molecule has 0 radical (unpaired) electrons. The third-order valence-corrected chi connectivity index (χ3v) is 21.2. The molecule has 3 aliphatic heterocycles. The summed E-state index contributed by atoms with van der Waals surface area (Å²) in [6, 6.07) is -0.993. The van der Waals surface area contributed by atoms with Gasteiger partial charge >= 0.3 is 0 Å². The van der Waals surface area contributed by atoms with Crippen molar-refractivity contribution in [1.29, 1.82) is 0 Å². The molecule has 0 spiro atoms. The molecule has 106 heavy (non-hydrogen) atoms. The number of allylic oxidation sites excluding steroid dienone is 11. The highest BCUT2D eigenvalue weighted by atomic mass is 16.8. The van der Waals surface area contributed by atoms with Crippen LogP contribution in [0.25, 0.3) is 0 Å². The number of carbonyl (C=O) groups is 1. The van der Waals surface area contributed by atoms with Gasteiger partial charge in [0.1, 0.15) is 73.2 Å². The van der Waals surface area contributed by atoms with E-state index in [-0.39, 0.29) is 18.9 Å². The van der Waals surface area contributed by atoms with Crippen LogP contribution in [0.4, 0.5) is 0 Å². The highest BCUT2D eigenvalue weighted by Gasteiger charge is 2.54. The second-order valence-corrected chi connectivity index (χ2v) is 30.6. The van der Waals surface area contributed by atoms with Crippen LogP contribution in [0.15, 0.2) is 72.9 Å². The Labute approximate surface area is 642 Å². The van der Waals surface area contributed by atoms with Crippen LogP contribution in [0.2, 0.25) is 0 Å². The summed E-state index contributed by atoms with van der Waals surface area (Å²) in [7, 11) is 0. The molecule has 3 saturated heterocycles. The molecular formula is C87H157NO18. The van der Waals surface area contributed by atoms with E-state index in [1.807, 2.05) is 6.08 Å². The molecule has 3 heterocycles. The first-order valence-electron chi connectivity index (χ1n) is 43.2. The zero-order valence-electron chi connectivity index (χ0n) is 66.4.